The van der Waals surface area contributed by atoms with Gasteiger partial charge in [-0.1, -0.05) is 68.5 Å². The van der Waals surface area contributed by atoms with Crippen molar-refractivity contribution in [2.45, 2.75) is 64.2 Å². The minimum Gasteiger partial charge on any atom is -0.354 e. The molecular formula is C25H30ClN. The van der Waals surface area contributed by atoms with Gasteiger partial charge in [-0.05, 0) is 67.3 Å². The van der Waals surface area contributed by atoms with Gasteiger partial charge in [-0.25, -0.2) is 0 Å². The molecule has 3 aromatic rings. The van der Waals surface area contributed by atoms with Gasteiger partial charge in [0, 0.05) is 27.2 Å². The Labute approximate surface area is 168 Å². The first kappa shape index (κ1) is 18.6. The fraction of sp³-hybridized carbons (Fsp3) is 0.440. The van der Waals surface area contributed by atoms with Crippen molar-refractivity contribution in [2.24, 2.45) is 5.92 Å². The Balaban J connectivity index is 1.50. The number of rotatable bonds is 6. The molecule has 0 saturated heterocycles. The van der Waals surface area contributed by atoms with Gasteiger partial charge in [-0.2, -0.15) is 0 Å². The van der Waals surface area contributed by atoms with Gasteiger partial charge in [0.15, 0.2) is 0 Å². The van der Waals surface area contributed by atoms with E-state index in [9.17, 15) is 0 Å². The van der Waals surface area contributed by atoms with Crippen molar-refractivity contribution in [1.29, 1.82) is 0 Å². The molecule has 1 aliphatic rings. The molecule has 2 heteroatoms. The molecule has 4 rings (SSSR count). The molecule has 0 aliphatic heterocycles. The number of nitrogens with one attached hydrogen (secondary N) is 1. The molecule has 1 aliphatic carbocycles. The number of H-pyrrole nitrogens is 1. The summed E-state index contributed by atoms with van der Waals surface area (Å²) in [7, 11) is 0. The molecule has 1 aromatic heterocycles. The highest BCUT2D eigenvalue weighted by Gasteiger charge is 2.23. The number of benzene rings is 2. The topological polar surface area (TPSA) is 15.8 Å². The Morgan fingerprint density at radius 3 is 2.56 bits per heavy atom. The van der Waals surface area contributed by atoms with Crippen molar-refractivity contribution >= 4 is 22.5 Å². The van der Waals surface area contributed by atoms with Crippen molar-refractivity contribution in [3.8, 4) is 11.3 Å². The summed E-state index contributed by atoms with van der Waals surface area (Å²) in [6.45, 7) is 2.29. The lowest BCUT2D eigenvalue weighted by Crippen LogP contribution is -2.13. The van der Waals surface area contributed by atoms with Gasteiger partial charge in [0.05, 0.1) is 0 Å². The van der Waals surface area contributed by atoms with Gasteiger partial charge in [-0.15, -0.1) is 0 Å². The zero-order valence-corrected chi connectivity index (χ0v) is 17.1. The van der Waals surface area contributed by atoms with Crippen LogP contribution in [0.4, 0.5) is 0 Å². The van der Waals surface area contributed by atoms with E-state index < -0.39 is 0 Å². The smallest absolute Gasteiger partial charge is 0.0499 e. The second-order valence-electron chi connectivity index (χ2n) is 8.22. The van der Waals surface area contributed by atoms with E-state index in [-0.39, 0.29) is 0 Å². The number of hydrogen-bond acceptors (Lipinski definition) is 0. The Morgan fingerprint density at radius 1 is 0.963 bits per heavy atom. The normalized spacial score (nSPS) is 20.2. The average Bonchev–Trinajstić information content (AvgIpc) is 3.13. The highest BCUT2D eigenvalue weighted by atomic mass is 35.5. The van der Waals surface area contributed by atoms with E-state index in [4.69, 9.17) is 11.6 Å². The first-order valence-electron chi connectivity index (χ1n) is 10.6. The van der Waals surface area contributed by atoms with E-state index in [1.807, 2.05) is 0 Å². The van der Waals surface area contributed by atoms with Crippen molar-refractivity contribution in [3.63, 3.8) is 0 Å². The maximum Gasteiger partial charge on any atom is 0.0499 e. The molecule has 0 bridgehead atoms. The molecule has 2 aromatic carbocycles. The van der Waals surface area contributed by atoms with Crippen LogP contribution in [-0.4, -0.2) is 4.98 Å². The summed E-state index contributed by atoms with van der Waals surface area (Å²) in [5.41, 5.74) is 4.88. The molecule has 0 spiro atoms. The lowest BCUT2D eigenvalue weighted by atomic mass is 9.77. The standard InChI is InChI=1S/C25H30ClN/c1-2-3-4-7-18-10-12-19(13-11-18)20-14-15-23(26)22(16-20)25-17-21-8-5-6-9-24(21)27-25/h5-6,8-9,14-19,27H,2-4,7,10-13H2,1H3. The van der Waals surface area contributed by atoms with Crippen LogP contribution in [0.15, 0.2) is 48.5 Å². The Hall–Kier alpha value is -1.73. The van der Waals surface area contributed by atoms with E-state index >= 15 is 0 Å². The van der Waals surface area contributed by atoms with E-state index in [0.717, 1.165) is 22.2 Å². The summed E-state index contributed by atoms with van der Waals surface area (Å²) >= 11 is 6.57. The Bertz CT molecular complexity index is 853. The Kier molecular flexibility index (Phi) is 5.88. The van der Waals surface area contributed by atoms with Crippen LogP contribution in [0.5, 0.6) is 0 Å². The second kappa shape index (κ2) is 8.52. The summed E-state index contributed by atoms with van der Waals surface area (Å²) in [5, 5.41) is 2.07. The number of para-hydroxylation sites is 1. The fourth-order valence-corrected chi connectivity index (χ4v) is 4.91. The van der Waals surface area contributed by atoms with E-state index in [1.165, 1.54) is 67.8 Å². The average molecular weight is 380 g/mol. The fourth-order valence-electron chi connectivity index (χ4n) is 4.69. The van der Waals surface area contributed by atoms with Crippen molar-refractivity contribution in [3.05, 3.63) is 59.1 Å². The molecule has 1 fully saturated rings. The summed E-state index contributed by atoms with van der Waals surface area (Å²) in [4.78, 5) is 3.53. The van der Waals surface area contributed by atoms with Gasteiger partial charge in [0.1, 0.15) is 0 Å². The predicted octanol–water partition coefficient (Wildman–Crippen LogP) is 8.34. The minimum atomic E-state index is 0.688. The van der Waals surface area contributed by atoms with Crippen LogP contribution < -0.4 is 0 Å². The first-order chi connectivity index (χ1) is 13.2. The van der Waals surface area contributed by atoms with Crippen LogP contribution in [0.1, 0.15) is 69.8 Å². The van der Waals surface area contributed by atoms with Gasteiger partial charge in [0.2, 0.25) is 0 Å². The molecule has 1 saturated carbocycles. The Morgan fingerprint density at radius 2 is 1.78 bits per heavy atom. The number of fused-ring (bicyclic) bond motifs is 1. The van der Waals surface area contributed by atoms with Gasteiger partial charge >= 0.3 is 0 Å². The second-order valence-corrected chi connectivity index (χ2v) is 8.63. The lowest BCUT2D eigenvalue weighted by molar-refractivity contribution is 0.303. The number of unbranched alkanes of at least 4 members (excludes halogenated alkanes) is 2. The molecule has 1 N–H and O–H groups in total. The van der Waals surface area contributed by atoms with E-state index in [2.05, 4.69) is 60.4 Å². The van der Waals surface area contributed by atoms with Crippen molar-refractivity contribution in [1.82, 2.24) is 4.98 Å². The molecule has 0 unspecified atom stereocenters. The summed E-state index contributed by atoms with van der Waals surface area (Å²) < 4.78 is 0. The minimum absolute atomic E-state index is 0.688. The largest absolute Gasteiger partial charge is 0.354 e. The lowest BCUT2D eigenvalue weighted by Gasteiger charge is -2.29. The number of aromatic amines is 1. The summed E-state index contributed by atoms with van der Waals surface area (Å²) in [6.07, 6.45) is 11.0. The third-order valence-electron chi connectivity index (χ3n) is 6.34. The monoisotopic (exact) mass is 379 g/mol. The van der Waals surface area contributed by atoms with Crippen LogP contribution >= 0.6 is 11.6 Å². The van der Waals surface area contributed by atoms with Crippen LogP contribution in [0, 0.1) is 5.92 Å². The molecule has 27 heavy (non-hydrogen) atoms. The summed E-state index contributed by atoms with van der Waals surface area (Å²) in [6, 6.07) is 17.3. The van der Waals surface area contributed by atoms with Gasteiger partial charge in [0.25, 0.3) is 0 Å². The van der Waals surface area contributed by atoms with Crippen LogP contribution in [0.2, 0.25) is 5.02 Å². The van der Waals surface area contributed by atoms with E-state index in [1.54, 1.807) is 0 Å². The highest BCUT2D eigenvalue weighted by Crippen LogP contribution is 2.40. The van der Waals surface area contributed by atoms with Crippen LogP contribution in [-0.2, 0) is 0 Å². The molecule has 1 heterocycles. The SMILES string of the molecule is CCCCCC1CCC(c2ccc(Cl)c(-c3cc4ccccc4[nH]3)c2)CC1. The van der Waals surface area contributed by atoms with Crippen molar-refractivity contribution < 1.29 is 0 Å². The molecule has 0 radical (unpaired) electrons. The van der Waals surface area contributed by atoms with Crippen LogP contribution in [0.25, 0.3) is 22.2 Å². The first-order valence-corrected chi connectivity index (χ1v) is 11.0. The molecule has 142 valence electrons. The molecular weight excluding hydrogens is 350 g/mol. The van der Waals surface area contributed by atoms with E-state index in [0.29, 0.717) is 5.92 Å². The number of aromatic nitrogens is 1. The maximum atomic E-state index is 6.57. The van der Waals surface area contributed by atoms with Crippen molar-refractivity contribution in [2.75, 3.05) is 0 Å². The zero-order valence-electron chi connectivity index (χ0n) is 16.3. The maximum absolute atomic E-state index is 6.57. The molecule has 0 amide bonds. The molecule has 0 atom stereocenters. The third-order valence-corrected chi connectivity index (χ3v) is 6.67. The highest BCUT2D eigenvalue weighted by molar-refractivity contribution is 6.33. The zero-order chi connectivity index (χ0) is 18.6. The third kappa shape index (κ3) is 4.24. The van der Waals surface area contributed by atoms with Crippen LogP contribution in [0.3, 0.4) is 0 Å². The number of hydrogen-bond donors (Lipinski definition) is 1. The number of halogens is 1. The van der Waals surface area contributed by atoms with Gasteiger partial charge < -0.3 is 4.98 Å². The summed E-state index contributed by atoms with van der Waals surface area (Å²) in [5.74, 6) is 1.64. The van der Waals surface area contributed by atoms with Gasteiger partial charge in [-0.3, -0.25) is 0 Å². The quantitative estimate of drug-likeness (QED) is 0.414. The molecule has 1 nitrogen and oxygen atoms in total. The predicted molar refractivity (Wildman–Crippen MR) is 118 cm³/mol.